The summed E-state index contributed by atoms with van der Waals surface area (Å²) in [4.78, 5) is 4.35. The van der Waals surface area contributed by atoms with Crippen molar-refractivity contribution in [3.63, 3.8) is 0 Å². The van der Waals surface area contributed by atoms with E-state index in [2.05, 4.69) is 46.8 Å². The predicted molar refractivity (Wildman–Crippen MR) is 117 cm³/mol. The molecule has 0 aliphatic heterocycles. The normalized spacial score (nSPS) is 15.9. The largest absolute Gasteiger partial charge is 0.385 e. The highest BCUT2D eigenvalue weighted by atomic mass is 127. The third-order valence-corrected chi connectivity index (χ3v) is 5.24. The molecule has 1 fully saturated rings. The molecule has 25 heavy (non-hydrogen) atoms. The zero-order valence-corrected chi connectivity index (χ0v) is 18.3. The van der Waals surface area contributed by atoms with Gasteiger partial charge in [0, 0.05) is 33.9 Å². The van der Waals surface area contributed by atoms with Crippen LogP contribution < -0.4 is 10.6 Å². The first-order chi connectivity index (χ1) is 11.7. The van der Waals surface area contributed by atoms with Gasteiger partial charge in [0.25, 0.3) is 0 Å². The zero-order chi connectivity index (χ0) is 17.3. The predicted octanol–water partition coefficient (Wildman–Crippen LogP) is 3.78. The number of aryl methyl sites for hydroxylation is 1. The minimum atomic E-state index is 0. The molecule has 0 unspecified atom stereocenters. The lowest BCUT2D eigenvalue weighted by molar-refractivity contribution is 0.0732. The lowest BCUT2D eigenvalue weighted by Crippen LogP contribution is -2.47. The minimum absolute atomic E-state index is 0. The van der Waals surface area contributed by atoms with Crippen LogP contribution >= 0.6 is 24.0 Å². The fraction of sp³-hybridized carbons (Fsp3) is 0.650. The van der Waals surface area contributed by atoms with Gasteiger partial charge in [-0.3, -0.25) is 4.99 Å². The maximum atomic E-state index is 5.26. The molecule has 1 aliphatic rings. The molecule has 0 aromatic heterocycles. The molecule has 1 aromatic carbocycles. The van der Waals surface area contributed by atoms with Crippen molar-refractivity contribution < 1.29 is 4.74 Å². The van der Waals surface area contributed by atoms with Crippen molar-refractivity contribution in [2.45, 2.75) is 45.4 Å². The summed E-state index contributed by atoms with van der Waals surface area (Å²) in [5.74, 6) is 0.906. The summed E-state index contributed by atoms with van der Waals surface area (Å²) < 4.78 is 5.26. The third kappa shape index (κ3) is 7.13. The number of methoxy groups -OCH3 is 1. The van der Waals surface area contributed by atoms with E-state index in [1.54, 1.807) is 7.11 Å². The molecule has 0 spiro atoms. The smallest absolute Gasteiger partial charge is 0.191 e. The Hall–Kier alpha value is -0.820. The van der Waals surface area contributed by atoms with E-state index in [-0.39, 0.29) is 24.0 Å². The summed E-state index contributed by atoms with van der Waals surface area (Å²) in [6.07, 6.45) is 7.18. The molecule has 1 aromatic rings. The summed E-state index contributed by atoms with van der Waals surface area (Å²) in [7, 11) is 3.63. The van der Waals surface area contributed by atoms with Crippen molar-refractivity contribution >= 4 is 29.9 Å². The van der Waals surface area contributed by atoms with Gasteiger partial charge in [0.1, 0.15) is 0 Å². The van der Waals surface area contributed by atoms with Gasteiger partial charge in [0.05, 0.1) is 0 Å². The molecule has 142 valence electrons. The van der Waals surface area contributed by atoms with E-state index < -0.39 is 0 Å². The molecule has 1 saturated carbocycles. The highest BCUT2D eigenvalue weighted by molar-refractivity contribution is 14.0. The molecule has 0 saturated heterocycles. The summed E-state index contributed by atoms with van der Waals surface area (Å²) in [5, 5.41) is 6.94. The number of halogens is 1. The molecule has 0 bridgehead atoms. The van der Waals surface area contributed by atoms with Gasteiger partial charge in [-0.1, -0.05) is 37.6 Å². The van der Waals surface area contributed by atoms with Crippen molar-refractivity contribution in [3.8, 4) is 0 Å². The summed E-state index contributed by atoms with van der Waals surface area (Å²) >= 11 is 0. The molecular formula is C20H34IN3O. The van der Waals surface area contributed by atoms with Crippen LogP contribution in [0, 0.1) is 5.41 Å². The van der Waals surface area contributed by atoms with Gasteiger partial charge in [-0.05, 0) is 48.6 Å². The van der Waals surface area contributed by atoms with Crippen LogP contribution in [-0.2, 0) is 17.6 Å². The molecule has 2 rings (SSSR count). The Kier molecular flexibility index (Phi) is 10.4. The molecule has 0 amide bonds. The van der Waals surface area contributed by atoms with Crippen molar-refractivity contribution in [1.29, 1.82) is 0 Å². The second kappa shape index (κ2) is 11.7. The average molecular weight is 459 g/mol. The van der Waals surface area contributed by atoms with Crippen LogP contribution in [0.5, 0.6) is 0 Å². The number of guanidine groups is 1. The second-order valence-corrected chi connectivity index (χ2v) is 6.87. The van der Waals surface area contributed by atoms with E-state index >= 15 is 0 Å². The maximum Gasteiger partial charge on any atom is 0.191 e. The van der Waals surface area contributed by atoms with E-state index in [9.17, 15) is 0 Å². The average Bonchev–Trinajstić information content (AvgIpc) is 2.59. The van der Waals surface area contributed by atoms with Crippen LogP contribution in [0.1, 0.15) is 43.7 Å². The standard InChI is InChI=1S/C20H33N3O.HI/c1-4-17-6-8-18(9-7-17)10-14-22-19(21-2)23-16-20(11-5-12-20)13-15-24-3;/h6-9H,4-5,10-16H2,1-3H3,(H2,21,22,23);1H. The topological polar surface area (TPSA) is 45.7 Å². The first-order valence-corrected chi connectivity index (χ1v) is 9.22. The molecule has 0 heterocycles. The van der Waals surface area contributed by atoms with Crippen molar-refractivity contribution in [1.82, 2.24) is 10.6 Å². The fourth-order valence-electron chi connectivity index (χ4n) is 3.27. The molecule has 0 atom stereocenters. The Bertz CT molecular complexity index is 512. The number of hydrogen-bond donors (Lipinski definition) is 2. The molecule has 2 N–H and O–H groups in total. The van der Waals surface area contributed by atoms with Gasteiger partial charge >= 0.3 is 0 Å². The number of rotatable bonds is 9. The molecule has 1 aliphatic carbocycles. The highest BCUT2D eigenvalue weighted by Gasteiger charge is 2.36. The monoisotopic (exact) mass is 459 g/mol. The number of nitrogens with one attached hydrogen (secondary N) is 2. The lowest BCUT2D eigenvalue weighted by Gasteiger charge is -2.42. The van der Waals surface area contributed by atoms with E-state index in [1.807, 2.05) is 7.05 Å². The van der Waals surface area contributed by atoms with Crippen molar-refractivity contribution in [2.24, 2.45) is 10.4 Å². The van der Waals surface area contributed by atoms with Gasteiger partial charge in [0.2, 0.25) is 0 Å². The number of aliphatic imine (C=N–C) groups is 1. The lowest BCUT2D eigenvalue weighted by atomic mass is 9.67. The van der Waals surface area contributed by atoms with Crippen molar-refractivity contribution in [2.75, 3.05) is 33.9 Å². The van der Waals surface area contributed by atoms with Gasteiger partial charge in [-0.15, -0.1) is 24.0 Å². The molecule has 4 nitrogen and oxygen atoms in total. The SMILES string of the molecule is CCc1ccc(CCNC(=NC)NCC2(CCOC)CCC2)cc1.I. The Morgan fingerprint density at radius 3 is 2.36 bits per heavy atom. The quantitative estimate of drug-likeness (QED) is 0.336. The summed E-state index contributed by atoms with van der Waals surface area (Å²) in [6.45, 7) is 4.92. The van der Waals surface area contributed by atoms with Crippen LogP contribution in [0.25, 0.3) is 0 Å². The Labute approximate surface area is 170 Å². The van der Waals surface area contributed by atoms with Gasteiger partial charge in [-0.25, -0.2) is 0 Å². The number of ether oxygens (including phenoxy) is 1. The summed E-state index contributed by atoms with van der Waals surface area (Å²) in [5.41, 5.74) is 3.17. The van der Waals surface area contributed by atoms with Crippen LogP contribution in [-0.4, -0.2) is 39.8 Å². The maximum absolute atomic E-state index is 5.26. The zero-order valence-electron chi connectivity index (χ0n) is 15.9. The molecule has 0 radical (unpaired) electrons. The van der Waals surface area contributed by atoms with Crippen LogP contribution in [0.2, 0.25) is 0 Å². The van der Waals surface area contributed by atoms with E-state index in [0.29, 0.717) is 5.41 Å². The minimum Gasteiger partial charge on any atom is -0.385 e. The Morgan fingerprint density at radius 2 is 1.84 bits per heavy atom. The number of nitrogens with zero attached hydrogens (tertiary/aromatic N) is 1. The third-order valence-electron chi connectivity index (χ3n) is 5.24. The summed E-state index contributed by atoms with van der Waals surface area (Å²) in [6, 6.07) is 8.90. The van der Waals surface area contributed by atoms with E-state index in [1.165, 1.54) is 30.4 Å². The number of hydrogen-bond acceptors (Lipinski definition) is 2. The van der Waals surface area contributed by atoms with Crippen molar-refractivity contribution in [3.05, 3.63) is 35.4 Å². The Morgan fingerprint density at radius 1 is 1.16 bits per heavy atom. The van der Waals surface area contributed by atoms with Gasteiger partial charge in [0.15, 0.2) is 5.96 Å². The van der Waals surface area contributed by atoms with E-state index in [4.69, 9.17) is 4.74 Å². The van der Waals surface area contributed by atoms with Crippen LogP contribution in [0.15, 0.2) is 29.3 Å². The fourth-order valence-corrected chi connectivity index (χ4v) is 3.27. The highest BCUT2D eigenvalue weighted by Crippen LogP contribution is 2.43. The van der Waals surface area contributed by atoms with Gasteiger partial charge in [-0.2, -0.15) is 0 Å². The number of benzene rings is 1. The molecular weight excluding hydrogens is 425 g/mol. The first kappa shape index (κ1) is 22.2. The Balaban J connectivity index is 0.00000312. The van der Waals surface area contributed by atoms with E-state index in [0.717, 1.165) is 44.9 Å². The van der Waals surface area contributed by atoms with Crippen LogP contribution in [0.3, 0.4) is 0 Å². The first-order valence-electron chi connectivity index (χ1n) is 9.22. The van der Waals surface area contributed by atoms with Crippen LogP contribution in [0.4, 0.5) is 0 Å². The molecule has 5 heteroatoms. The second-order valence-electron chi connectivity index (χ2n) is 6.87. The van der Waals surface area contributed by atoms with Gasteiger partial charge < -0.3 is 15.4 Å².